The van der Waals surface area contributed by atoms with Crippen LogP contribution in [0.4, 0.5) is 10.1 Å². The van der Waals surface area contributed by atoms with Crippen LogP contribution in [0.25, 0.3) is 0 Å². The van der Waals surface area contributed by atoms with Crippen molar-refractivity contribution >= 4 is 29.0 Å². The van der Waals surface area contributed by atoms with Gasteiger partial charge in [0.25, 0.3) is 0 Å². The summed E-state index contributed by atoms with van der Waals surface area (Å²) in [5.74, 6) is -0.524. The highest BCUT2D eigenvalue weighted by atomic mass is 35.5. The van der Waals surface area contributed by atoms with E-state index in [0.29, 0.717) is 23.4 Å². The minimum atomic E-state index is -0.545. The number of ketones is 1. The largest absolute Gasteiger partial charge is 0.485 e. The lowest BCUT2D eigenvalue weighted by molar-refractivity contribution is -0.116. The second kappa shape index (κ2) is 8.45. The third-order valence-corrected chi connectivity index (χ3v) is 3.52. The first-order valence-corrected chi connectivity index (χ1v) is 7.88. The highest BCUT2D eigenvalue weighted by Crippen LogP contribution is 2.21. The maximum Gasteiger partial charge on any atom is 0.224 e. The van der Waals surface area contributed by atoms with Crippen LogP contribution in [0.1, 0.15) is 30.1 Å². The summed E-state index contributed by atoms with van der Waals surface area (Å²) in [6.45, 7) is 1.74. The number of nitrogens with one attached hydrogen (secondary N) is 1. The predicted octanol–water partition coefficient (Wildman–Crippen LogP) is 4.48. The zero-order valence-corrected chi connectivity index (χ0v) is 13.9. The Balaban J connectivity index is 1.92. The van der Waals surface area contributed by atoms with E-state index in [9.17, 15) is 14.0 Å². The third-order valence-electron chi connectivity index (χ3n) is 3.23. The number of hydrogen-bond acceptors (Lipinski definition) is 3. The van der Waals surface area contributed by atoms with Crippen LogP contribution in [0.2, 0.25) is 5.02 Å². The summed E-state index contributed by atoms with van der Waals surface area (Å²) in [5, 5.41) is 2.68. The van der Waals surface area contributed by atoms with E-state index >= 15 is 0 Å². The Labute approximate surface area is 144 Å². The molecular weight excluding hydrogens is 333 g/mol. The number of halogens is 2. The van der Waals surface area contributed by atoms with Gasteiger partial charge in [-0.1, -0.05) is 18.5 Å². The molecule has 1 amide bonds. The van der Waals surface area contributed by atoms with E-state index in [-0.39, 0.29) is 23.3 Å². The van der Waals surface area contributed by atoms with Crippen molar-refractivity contribution in [2.45, 2.75) is 19.8 Å². The second-order valence-electron chi connectivity index (χ2n) is 5.16. The topological polar surface area (TPSA) is 55.4 Å². The lowest BCUT2D eigenvalue weighted by atomic mass is 10.1. The highest BCUT2D eigenvalue weighted by Gasteiger charge is 2.09. The fourth-order valence-corrected chi connectivity index (χ4v) is 2.16. The number of anilines is 1. The Kier molecular flexibility index (Phi) is 6.32. The number of ether oxygens (including phenoxy) is 1. The van der Waals surface area contributed by atoms with Gasteiger partial charge < -0.3 is 10.1 Å². The number of hydrogen-bond donors (Lipinski definition) is 1. The van der Waals surface area contributed by atoms with E-state index in [4.69, 9.17) is 16.3 Å². The molecule has 2 aromatic carbocycles. The van der Waals surface area contributed by atoms with Crippen LogP contribution in [0, 0.1) is 5.82 Å². The average molecular weight is 350 g/mol. The van der Waals surface area contributed by atoms with E-state index in [1.807, 2.05) is 6.92 Å². The molecule has 0 aromatic heterocycles. The molecule has 0 saturated carbocycles. The molecule has 1 N–H and O–H groups in total. The summed E-state index contributed by atoms with van der Waals surface area (Å²) in [6.07, 6.45) is 1.22. The van der Waals surface area contributed by atoms with Gasteiger partial charge in [-0.2, -0.15) is 0 Å². The lowest BCUT2D eigenvalue weighted by Gasteiger charge is -2.08. The first-order valence-electron chi connectivity index (χ1n) is 7.50. The van der Waals surface area contributed by atoms with Gasteiger partial charge in [0, 0.05) is 23.7 Å². The smallest absolute Gasteiger partial charge is 0.224 e. The standard InChI is InChI=1S/C18H17ClFNO3/c1-2-3-18(23)21-13-6-4-12(5-7-13)17(22)11-24-14-8-9-16(20)15(19)10-14/h4-10H,2-3,11H2,1H3,(H,21,23). The quantitative estimate of drug-likeness (QED) is 0.750. The van der Waals surface area contributed by atoms with Crippen LogP contribution in [0.15, 0.2) is 42.5 Å². The first-order chi connectivity index (χ1) is 11.5. The minimum absolute atomic E-state index is 0.0619. The minimum Gasteiger partial charge on any atom is -0.485 e. The molecule has 0 aliphatic carbocycles. The lowest BCUT2D eigenvalue weighted by Crippen LogP contribution is -2.13. The SMILES string of the molecule is CCCC(=O)Nc1ccc(C(=O)COc2ccc(F)c(Cl)c2)cc1. The summed E-state index contributed by atoms with van der Waals surface area (Å²) in [4.78, 5) is 23.6. The molecule has 4 nitrogen and oxygen atoms in total. The van der Waals surface area contributed by atoms with Crippen LogP contribution in [-0.4, -0.2) is 18.3 Å². The van der Waals surface area contributed by atoms with Gasteiger partial charge in [-0.05, 0) is 42.8 Å². The summed E-state index contributed by atoms with van der Waals surface area (Å²) < 4.78 is 18.4. The molecule has 0 heterocycles. The Morgan fingerprint density at radius 2 is 1.88 bits per heavy atom. The predicted molar refractivity (Wildman–Crippen MR) is 91.2 cm³/mol. The molecule has 0 atom stereocenters. The Morgan fingerprint density at radius 1 is 1.17 bits per heavy atom. The van der Waals surface area contributed by atoms with E-state index < -0.39 is 5.82 Å². The van der Waals surface area contributed by atoms with Crippen LogP contribution in [-0.2, 0) is 4.79 Å². The number of carbonyl (C=O) groups excluding carboxylic acids is 2. The van der Waals surface area contributed by atoms with Gasteiger partial charge in [0.05, 0.1) is 5.02 Å². The maximum absolute atomic E-state index is 13.1. The second-order valence-corrected chi connectivity index (χ2v) is 5.57. The van der Waals surface area contributed by atoms with Gasteiger partial charge in [-0.25, -0.2) is 4.39 Å². The molecule has 0 aliphatic heterocycles. The molecule has 0 radical (unpaired) electrons. The fourth-order valence-electron chi connectivity index (χ4n) is 1.99. The molecule has 6 heteroatoms. The Bertz CT molecular complexity index is 732. The highest BCUT2D eigenvalue weighted by molar-refractivity contribution is 6.30. The van der Waals surface area contributed by atoms with Gasteiger partial charge in [-0.15, -0.1) is 0 Å². The molecule has 0 bridgehead atoms. The van der Waals surface area contributed by atoms with Crippen molar-refractivity contribution in [3.8, 4) is 5.75 Å². The average Bonchev–Trinajstić information content (AvgIpc) is 2.56. The molecule has 0 saturated heterocycles. The number of amides is 1. The van der Waals surface area contributed by atoms with Gasteiger partial charge in [-0.3, -0.25) is 9.59 Å². The van der Waals surface area contributed by atoms with E-state index in [1.54, 1.807) is 24.3 Å². The molecule has 2 aromatic rings. The van der Waals surface area contributed by atoms with Gasteiger partial charge in [0.15, 0.2) is 12.4 Å². The number of benzene rings is 2. The molecule has 0 spiro atoms. The Hall–Kier alpha value is -2.40. The van der Waals surface area contributed by atoms with Crippen LogP contribution < -0.4 is 10.1 Å². The van der Waals surface area contributed by atoms with E-state index in [2.05, 4.69) is 5.32 Å². The molecular formula is C18H17ClFNO3. The summed E-state index contributed by atoms with van der Waals surface area (Å²) in [5.41, 5.74) is 1.09. The number of rotatable bonds is 7. The van der Waals surface area contributed by atoms with Crippen molar-refractivity contribution < 1.29 is 18.7 Å². The van der Waals surface area contributed by atoms with E-state index in [1.165, 1.54) is 18.2 Å². The number of Topliss-reactive ketones (excluding diaryl/α,β-unsaturated/α-hetero) is 1. The fraction of sp³-hybridized carbons (Fsp3) is 0.222. The third kappa shape index (κ3) is 5.06. The van der Waals surface area contributed by atoms with Gasteiger partial charge in [0.2, 0.25) is 5.91 Å². The van der Waals surface area contributed by atoms with Gasteiger partial charge >= 0.3 is 0 Å². The Morgan fingerprint density at radius 3 is 2.50 bits per heavy atom. The van der Waals surface area contributed by atoms with Crippen molar-refractivity contribution in [3.05, 3.63) is 58.9 Å². The van der Waals surface area contributed by atoms with Crippen molar-refractivity contribution in [2.75, 3.05) is 11.9 Å². The van der Waals surface area contributed by atoms with Crippen molar-refractivity contribution in [1.29, 1.82) is 0 Å². The van der Waals surface area contributed by atoms with Gasteiger partial charge in [0.1, 0.15) is 11.6 Å². The van der Waals surface area contributed by atoms with Crippen LogP contribution in [0.5, 0.6) is 5.75 Å². The molecule has 0 unspecified atom stereocenters. The van der Waals surface area contributed by atoms with Crippen LogP contribution >= 0.6 is 11.6 Å². The molecule has 0 fully saturated rings. The van der Waals surface area contributed by atoms with E-state index in [0.717, 1.165) is 6.42 Å². The molecule has 0 aliphatic rings. The van der Waals surface area contributed by atoms with Crippen molar-refractivity contribution in [2.24, 2.45) is 0 Å². The zero-order chi connectivity index (χ0) is 17.5. The van der Waals surface area contributed by atoms with Crippen LogP contribution in [0.3, 0.4) is 0 Å². The molecule has 126 valence electrons. The maximum atomic E-state index is 13.1. The normalized spacial score (nSPS) is 10.3. The zero-order valence-electron chi connectivity index (χ0n) is 13.1. The van der Waals surface area contributed by atoms with Crippen molar-refractivity contribution in [1.82, 2.24) is 0 Å². The number of carbonyl (C=O) groups is 2. The van der Waals surface area contributed by atoms with Crippen molar-refractivity contribution in [3.63, 3.8) is 0 Å². The first kappa shape index (κ1) is 17.9. The monoisotopic (exact) mass is 349 g/mol. The summed E-state index contributed by atoms with van der Waals surface area (Å²) >= 11 is 5.65. The molecule has 24 heavy (non-hydrogen) atoms. The summed E-state index contributed by atoms with van der Waals surface area (Å²) in [7, 11) is 0. The molecule has 2 rings (SSSR count). The summed E-state index contributed by atoms with van der Waals surface area (Å²) in [6, 6.07) is 10.5.